The van der Waals surface area contributed by atoms with Gasteiger partial charge in [0.25, 0.3) is 0 Å². The van der Waals surface area contributed by atoms with Gasteiger partial charge in [-0.1, -0.05) is 97.1 Å². The summed E-state index contributed by atoms with van der Waals surface area (Å²) in [6.07, 6.45) is 1.17. The van der Waals surface area contributed by atoms with Crippen molar-refractivity contribution in [3.63, 3.8) is 0 Å². The maximum Gasteiger partial charge on any atom is 0.234 e. The molecule has 0 spiro atoms. The van der Waals surface area contributed by atoms with Crippen LogP contribution in [0.25, 0.3) is 11.1 Å². The van der Waals surface area contributed by atoms with Crippen LogP contribution in [-0.4, -0.2) is 27.7 Å². The van der Waals surface area contributed by atoms with E-state index in [4.69, 9.17) is 0 Å². The van der Waals surface area contributed by atoms with Crippen LogP contribution >= 0.6 is 0 Å². The van der Waals surface area contributed by atoms with Gasteiger partial charge in [-0.05, 0) is 47.2 Å². The van der Waals surface area contributed by atoms with Crippen molar-refractivity contribution < 1.29 is 14.7 Å². The predicted molar refractivity (Wildman–Crippen MR) is 137 cm³/mol. The van der Waals surface area contributed by atoms with Gasteiger partial charge in [0, 0.05) is 18.2 Å². The monoisotopic (exact) mass is 461 g/mol. The summed E-state index contributed by atoms with van der Waals surface area (Å²) in [6.45, 7) is 0.407. The maximum atomic E-state index is 13.5. The van der Waals surface area contributed by atoms with E-state index in [1.807, 2.05) is 53.4 Å². The lowest BCUT2D eigenvalue weighted by molar-refractivity contribution is -0.131. The summed E-state index contributed by atoms with van der Waals surface area (Å²) in [4.78, 5) is 28.5. The number of carbonyl (C=O) groups is 2. The first-order valence-corrected chi connectivity index (χ1v) is 11.9. The number of amides is 1. The molecule has 0 radical (unpaired) electrons. The van der Waals surface area contributed by atoms with E-state index in [-0.39, 0.29) is 23.5 Å². The lowest BCUT2D eigenvalue weighted by Gasteiger charge is -2.25. The summed E-state index contributed by atoms with van der Waals surface area (Å²) in [7, 11) is 0. The summed E-state index contributed by atoms with van der Waals surface area (Å²) in [6, 6.07) is 34.5. The molecular weight excluding hydrogens is 434 g/mol. The van der Waals surface area contributed by atoms with Crippen molar-refractivity contribution in [2.75, 3.05) is 0 Å². The predicted octanol–water partition coefficient (Wildman–Crippen LogP) is 5.90. The fourth-order valence-electron chi connectivity index (χ4n) is 4.84. The Morgan fingerprint density at radius 1 is 0.743 bits per heavy atom. The third kappa shape index (κ3) is 5.02. The average Bonchev–Trinajstić information content (AvgIpc) is 3.21. The molecule has 0 bridgehead atoms. The van der Waals surface area contributed by atoms with Crippen LogP contribution in [0.2, 0.25) is 0 Å². The number of hydrogen-bond acceptors (Lipinski definition) is 3. The van der Waals surface area contributed by atoms with Crippen molar-refractivity contribution in [2.24, 2.45) is 5.92 Å². The molecule has 1 heterocycles. The van der Waals surface area contributed by atoms with Crippen molar-refractivity contribution in [1.29, 1.82) is 0 Å². The molecule has 1 aliphatic rings. The Kier molecular flexibility index (Phi) is 6.44. The van der Waals surface area contributed by atoms with Crippen LogP contribution in [0.4, 0.5) is 0 Å². The fourth-order valence-corrected chi connectivity index (χ4v) is 4.84. The van der Waals surface area contributed by atoms with E-state index < -0.39 is 5.92 Å². The molecule has 2 atom stereocenters. The number of ketones is 1. The van der Waals surface area contributed by atoms with Gasteiger partial charge in [-0.25, -0.2) is 0 Å². The van der Waals surface area contributed by atoms with E-state index >= 15 is 0 Å². The minimum atomic E-state index is -0.678. The Morgan fingerprint density at radius 3 is 1.97 bits per heavy atom. The van der Waals surface area contributed by atoms with Crippen molar-refractivity contribution in [3.8, 4) is 16.9 Å². The summed E-state index contributed by atoms with van der Waals surface area (Å²) in [5.41, 5.74) is 4.94. The van der Waals surface area contributed by atoms with Gasteiger partial charge in [-0.3, -0.25) is 9.59 Å². The summed E-state index contributed by atoms with van der Waals surface area (Å²) in [5, 5.41) is 9.64. The van der Waals surface area contributed by atoms with Crippen molar-refractivity contribution >= 4 is 11.7 Å². The van der Waals surface area contributed by atoms with Crippen LogP contribution in [0.15, 0.2) is 109 Å². The maximum absolute atomic E-state index is 13.5. The lowest BCUT2D eigenvalue weighted by atomic mass is 9.92. The number of phenolic OH excluding ortho intramolecular Hbond substituents is 1. The zero-order valence-corrected chi connectivity index (χ0v) is 19.4. The summed E-state index contributed by atoms with van der Waals surface area (Å²) >= 11 is 0. The number of aromatic hydroxyl groups is 1. The van der Waals surface area contributed by atoms with E-state index in [0.29, 0.717) is 24.9 Å². The molecule has 2 unspecified atom stereocenters. The van der Waals surface area contributed by atoms with E-state index in [1.54, 1.807) is 24.3 Å². The first-order chi connectivity index (χ1) is 17.1. The first-order valence-electron chi connectivity index (χ1n) is 11.9. The SMILES string of the molecule is O=C(c1ccccc1)C1CC(Cc2ccc(-c3ccccc3)cc2)N(Cc2ccc(O)cc2)C1=O. The van der Waals surface area contributed by atoms with Gasteiger partial charge in [-0.15, -0.1) is 0 Å². The molecule has 4 aromatic rings. The Balaban J connectivity index is 1.39. The molecule has 4 aromatic carbocycles. The molecule has 1 amide bonds. The molecule has 174 valence electrons. The molecule has 5 rings (SSSR count). The van der Waals surface area contributed by atoms with Gasteiger partial charge >= 0.3 is 0 Å². The van der Waals surface area contributed by atoms with Crippen LogP contribution in [0.5, 0.6) is 5.75 Å². The third-order valence-corrected chi connectivity index (χ3v) is 6.73. The van der Waals surface area contributed by atoms with Crippen molar-refractivity contribution in [3.05, 3.63) is 126 Å². The molecule has 0 saturated carbocycles. The van der Waals surface area contributed by atoms with E-state index in [1.165, 1.54) is 0 Å². The van der Waals surface area contributed by atoms with E-state index in [0.717, 1.165) is 22.3 Å². The molecule has 4 nitrogen and oxygen atoms in total. The number of phenols is 1. The highest BCUT2D eigenvalue weighted by Gasteiger charge is 2.43. The van der Waals surface area contributed by atoms with Crippen LogP contribution in [-0.2, 0) is 17.8 Å². The van der Waals surface area contributed by atoms with Crippen molar-refractivity contribution in [2.45, 2.75) is 25.4 Å². The molecule has 4 heteroatoms. The van der Waals surface area contributed by atoms with Gasteiger partial charge in [0.2, 0.25) is 5.91 Å². The van der Waals surface area contributed by atoms with Crippen LogP contribution in [0, 0.1) is 5.92 Å². The van der Waals surface area contributed by atoms with Gasteiger partial charge in [-0.2, -0.15) is 0 Å². The highest BCUT2D eigenvalue weighted by molar-refractivity contribution is 6.11. The average molecular weight is 462 g/mol. The van der Waals surface area contributed by atoms with Crippen molar-refractivity contribution in [1.82, 2.24) is 4.90 Å². The second-order valence-corrected chi connectivity index (χ2v) is 9.07. The molecule has 35 heavy (non-hydrogen) atoms. The first kappa shape index (κ1) is 22.6. The van der Waals surface area contributed by atoms with Gasteiger partial charge in [0.1, 0.15) is 11.7 Å². The summed E-state index contributed by atoms with van der Waals surface area (Å²) < 4.78 is 0. The Bertz CT molecular complexity index is 1300. The van der Waals surface area contributed by atoms with Crippen LogP contribution < -0.4 is 0 Å². The number of likely N-dealkylation sites (tertiary alicyclic amines) is 1. The largest absolute Gasteiger partial charge is 0.508 e. The number of nitrogens with zero attached hydrogens (tertiary/aromatic N) is 1. The van der Waals surface area contributed by atoms with Crippen LogP contribution in [0.1, 0.15) is 27.9 Å². The Labute approximate surface area is 205 Å². The quantitative estimate of drug-likeness (QED) is 0.275. The fraction of sp³-hybridized carbons (Fsp3) is 0.161. The lowest BCUT2D eigenvalue weighted by Crippen LogP contribution is -2.35. The Morgan fingerprint density at radius 2 is 1.31 bits per heavy atom. The number of hydrogen-bond donors (Lipinski definition) is 1. The highest BCUT2D eigenvalue weighted by atomic mass is 16.3. The number of carbonyl (C=O) groups excluding carboxylic acids is 2. The summed E-state index contributed by atoms with van der Waals surface area (Å²) in [5.74, 6) is -0.733. The number of benzene rings is 4. The minimum Gasteiger partial charge on any atom is -0.508 e. The van der Waals surface area contributed by atoms with Crippen LogP contribution in [0.3, 0.4) is 0 Å². The molecule has 1 aliphatic heterocycles. The standard InChI is InChI=1S/C31H27NO3/c33-28-17-13-23(14-18-28)21-32-27(20-29(31(32)35)30(34)26-9-5-2-6-10-26)19-22-11-15-25(16-12-22)24-7-3-1-4-8-24/h1-18,27,29,33H,19-21H2. The molecular formula is C31H27NO3. The zero-order chi connectivity index (χ0) is 24.2. The third-order valence-electron chi connectivity index (χ3n) is 6.73. The smallest absolute Gasteiger partial charge is 0.234 e. The molecule has 1 fully saturated rings. The van der Waals surface area contributed by atoms with Gasteiger partial charge in [0.15, 0.2) is 5.78 Å². The highest BCUT2D eigenvalue weighted by Crippen LogP contribution is 2.32. The molecule has 0 aliphatic carbocycles. The van der Waals surface area contributed by atoms with Gasteiger partial charge < -0.3 is 10.0 Å². The molecule has 1 N–H and O–H groups in total. The van der Waals surface area contributed by atoms with Gasteiger partial charge in [0.05, 0.1) is 0 Å². The van der Waals surface area contributed by atoms with E-state index in [9.17, 15) is 14.7 Å². The number of Topliss-reactive ketones (excluding diaryl/α,β-unsaturated/α-hetero) is 1. The van der Waals surface area contributed by atoms with E-state index in [2.05, 4.69) is 36.4 Å². The number of rotatable bonds is 7. The topological polar surface area (TPSA) is 57.6 Å². The normalized spacial score (nSPS) is 17.5. The molecule has 0 aromatic heterocycles. The second kappa shape index (κ2) is 9.98. The second-order valence-electron chi connectivity index (χ2n) is 9.07. The minimum absolute atomic E-state index is 0.0865. The Hall–Kier alpha value is -4.18. The zero-order valence-electron chi connectivity index (χ0n) is 19.4. The molecule has 1 saturated heterocycles.